The summed E-state index contributed by atoms with van der Waals surface area (Å²) in [4.78, 5) is 21.8. The summed E-state index contributed by atoms with van der Waals surface area (Å²) >= 11 is 0. The van der Waals surface area contributed by atoms with E-state index >= 15 is 0 Å². The van der Waals surface area contributed by atoms with Crippen LogP contribution in [0.15, 0.2) is 17.1 Å². The first kappa shape index (κ1) is 8.68. The lowest BCUT2D eigenvalue weighted by Gasteiger charge is -2.03. The average Bonchev–Trinajstić information content (AvgIpc) is 2.15. The summed E-state index contributed by atoms with van der Waals surface area (Å²) in [6.45, 7) is 1.75. The predicted octanol–water partition coefficient (Wildman–Crippen LogP) is 0.635. The first-order valence-corrected chi connectivity index (χ1v) is 4.12. The van der Waals surface area contributed by atoms with Crippen molar-refractivity contribution in [1.82, 2.24) is 15.0 Å². The van der Waals surface area contributed by atoms with Crippen molar-refractivity contribution in [1.29, 1.82) is 0 Å². The maximum absolute atomic E-state index is 11.0. The molecule has 0 spiro atoms. The molecule has 5 nitrogen and oxygen atoms in total. The third-order valence-corrected chi connectivity index (χ3v) is 1.87. The SMILES string of the molecule is COc1nc(C)nc2cc(=O)[nH]cc12. The van der Waals surface area contributed by atoms with E-state index in [9.17, 15) is 4.79 Å². The van der Waals surface area contributed by atoms with Crippen LogP contribution in [0.2, 0.25) is 0 Å². The molecule has 0 fully saturated rings. The van der Waals surface area contributed by atoms with E-state index in [1.165, 1.54) is 13.2 Å². The Morgan fingerprint density at radius 3 is 2.93 bits per heavy atom. The van der Waals surface area contributed by atoms with Crippen molar-refractivity contribution in [2.45, 2.75) is 6.92 Å². The molecule has 0 saturated heterocycles. The summed E-state index contributed by atoms with van der Waals surface area (Å²) in [7, 11) is 1.53. The Balaban J connectivity index is 2.87. The molecule has 2 aromatic rings. The highest BCUT2D eigenvalue weighted by atomic mass is 16.5. The second kappa shape index (κ2) is 3.10. The largest absolute Gasteiger partial charge is 0.480 e. The van der Waals surface area contributed by atoms with Crippen molar-refractivity contribution in [3.63, 3.8) is 0 Å². The van der Waals surface area contributed by atoms with Crippen LogP contribution < -0.4 is 10.3 Å². The monoisotopic (exact) mass is 191 g/mol. The molecule has 0 saturated carbocycles. The van der Waals surface area contributed by atoms with Crippen LogP contribution in [0.4, 0.5) is 0 Å². The average molecular weight is 191 g/mol. The van der Waals surface area contributed by atoms with Gasteiger partial charge in [0.05, 0.1) is 18.0 Å². The molecule has 2 rings (SSSR count). The highest BCUT2D eigenvalue weighted by molar-refractivity contribution is 5.82. The van der Waals surface area contributed by atoms with Gasteiger partial charge >= 0.3 is 0 Å². The Morgan fingerprint density at radius 2 is 2.21 bits per heavy atom. The van der Waals surface area contributed by atoms with Crippen LogP contribution in [-0.2, 0) is 0 Å². The lowest BCUT2D eigenvalue weighted by Crippen LogP contribution is -2.05. The lowest BCUT2D eigenvalue weighted by molar-refractivity contribution is 0.401. The maximum atomic E-state index is 11.0. The number of pyridine rings is 1. The van der Waals surface area contributed by atoms with Crippen LogP contribution in [0.1, 0.15) is 5.82 Å². The molecular formula is C9H9N3O2. The fraction of sp³-hybridized carbons (Fsp3) is 0.222. The van der Waals surface area contributed by atoms with Crippen molar-refractivity contribution in [3.8, 4) is 5.88 Å². The molecule has 0 aliphatic rings. The Labute approximate surface area is 79.8 Å². The second-order valence-electron chi connectivity index (χ2n) is 2.88. The molecule has 0 radical (unpaired) electrons. The minimum Gasteiger partial charge on any atom is -0.480 e. The van der Waals surface area contributed by atoms with Crippen molar-refractivity contribution in [3.05, 3.63) is 28.4 Å². The molecule has 0 bridgehead atoms. The number of ether oxygens (including phenoxy) is 1. The molecule has 14 heavy (non-hydrogen) atoms. The van der Waals surface area contributed by atoms with E-state index in [-0.39, 0.29) is 5.56 Å². The number of hydrogen-bond acceptors (Lipinski definition) is 4. The van der Waals surface area contributed by atoms with E-state index in [1.54, 1.807) is 13.1 Å². The van der Waals surface area contributed by atoms with Crippen molar-refractivity contribution in [2.24, 2.45) is 0 Å². The Hall–Kier alpha value is -1.91. The number of hydrogen-bond donors (Lipinski definition) is 1. The van der Waals surface area contributed by atoms with Crippen LogP contribution in [0.25, 0.3) is 10.9 Å². The maximum Gasteiger partial charge on any atom is 0.250 e. The number of aromatic nitrogens is 3. The summed E-state index contributed by atoms with van der Waals surface area (Å²) in [6, 6.07) is 1.42. The second-order valence-corrected chi connectivity index (χ2v) is 2.88. The molecule has 0 aliphatic carbocycles. The summed E-state index contributed by atoms with van der Waals surface area (Å²) in [6.07, 6.45) is 1.55. The topological polar surface area (TPSA) is 67.9 Å². The summed E-state index contributed by atoms with van der Waals surface area (Å²) in [5.74, 6) is 1.06. The van der Waals surface area contributed by atoms with Crippen molar-refractivity contribution < 1.29 is 4.74 Å². The van der Waals surface area contributed by atoms with Gasteiger partial charge in [0.2, 0.25) is 11.4 Å². The number of fused-ring (bicyclic) bond motifs is 1. The molecule has 0 unspecified atom stereocenters. The number of aryl methyl sites for hydroxylation is 1. The van der Waals surface area contributed by atoms with Gasteiger partial charge in [0.25, 0.3) is 0 Å². The molecule has 5 heteroatoms. The number of nitrogens with zero attached hydrogens (tertiary/aromatic N) is 2. The van der Waals surface area contributed by atoms with Gasteiger partial charge in [0, 0.05) is 12.3 Å². The molecule has 0 aromatic carbocycles. The van der Waals surface area contributed by atoms with Gasteiger partial charge in [-0.2, -0.15) is 4.98 Å². The van der Waals surface area contributed by atoms with Crippen LogP contribution in [0.5, 0.6) is 5.88 Å². The third-order valence-electron chi connectivity index (χ3n) is 1.87. The van der Waals surface area contributed by atoms with Gasteiger partial charge < -0.3 is 9.72 Å². The molecule has 0 atom stereocenters. The highest BCUT2D eigenvalue weighted by Gasteiger charge is 2.05. The molecule has 0 amide bonds. The normalized spacial score (nSPS) is 10.4. The lowest BCUT2D eigenvalue weighted by atomic mass is 10.3. The Bertz CT molecular complexity index is 533. The molecule has 1 N–H and O–H groups in total. The minimum atomic E-state index is -0.183. The van der Waals surface area contributed by atoms with Crippen LogP contribution in [-0.4, -0.2) is 22.1 Å². The number of aromatic amines is 1. The van der Waals surface area contributed by atoms with E-state index in [0.717, 1.165) is 0 Å². The fourth-order valence-electron chi connectivity index (χ4n) is 1.29. The van der Waals surface area contributed by atoms with Gasteiger partial charge in [0.1, 0.15) is 5.82 Å². The van der Waals surface area contributed by atoms with Crippen LogP contribution in [0, 0.1) is 6.92 Å². The smallest absolute Gasteiger partial charge is 0.250 e. The fourth-order valence-corrected chi connectivity index (χ4v) is 1.29. The number of nitrogens with one attached hydrogen (secondary N) is 1. The number of rotatable bonds is 1. The number of H-pyrrole nitrogens is 1. The van der Waals surface area contributed by atoms with Crippen molar-refractivity contribution in [2.75, 3.05) is 7.11 Å². The number of methoxy groups -OCH3 is 1. The summed E-state index contributed by atoms with van der Waals surface area (Å²) in [5.41, 5.74) is 0.413. The molecule has 72 valence electrons. The first-order chi connectivity index (χ1) is 6.70. The zero-order valence-electron chi connectivity index (χ0n) is 7.87. The Morgan fingerprint density at radius 1 is 1.43 bits per heavy atom. The molecule has 2 aromatic heterocycles. The third kappa shape index (κ3) is 1.32. The minimum absolute atomic E-state index is 0.183. The van der Waals surface area contributed by atoms with E-state index < -0.39 is 0 Å². The Kier molecular flexibility index (Phi) is 1.92. The van der Waals surface area contributed by atoms with Crippen LogP contribution >= 0.6 is 0 Å². The quantitative estimate of drug-likeness (QED) is 0.718. The zero-order chi connectivity index (χ0) is 10.1. The van der Waals surface area contributed by atoms with Crippen molar-refractivity contribution >= 4 is 10.9 Å². The molecular weight excluding hydrogens is 182 g/mol. The zero-order valence-corrected chi connectivity index (χ0v) is 7.87. The first-order valence-electron chi connectivity index (χ1n) is 4.12. The van der Waals surface area contributed by atoms with Gasteiger partial charge in [-0.25, -0.2) is 4.98 Å². The van der Waals surface area contributed by atoms with Gasteiger partial charge in [-0.05, 0) is 6.92 Å². The van der Waals surface area contributed by atoms with E-state index in [4.69, 9.17) is 4.74 Å². The molecule has 0 aliphatic heterocycles. The molecule has 2 heterocycles. The standard InChI is InChI=1S/C9H9N3O2/c1-5-11-7-3-8(13)10-4-6(7)9(12-5)14-2/h3-4H,1-2H3,(H,10,13). The summed E-state index contributed by atoms with van der Waals surface area (Å²) in [5, 5.41) is 0.706. The van der Waals surface area contributed by atoms with Gasteiger partial charge in [-0.3, -0.25) is 4.79 Å². The highest BCUT2D eigenvalue weighted by Crippen LogP contribution is 2.19. The van der Waals surface area contributed by atoms with E-state index in [1.807, 2.05) is 0 Å². The van der Waals surface area contributed by atoms with Crippen LogP contribution in [0.3, 0.4) is 0 Å². The van der Waals surface area contributed by atoms with Gasteiger partial charge in [0.15, 0.2) is 0 Å². The van der Waals surface area contributed by atoms with Gasteiger partial charge in [-0.15, -0.1) is 0 Å². The van der Waals surface area contributed by atoms with E-state index in [2.05, 4.69) is 15.0 Å². The van der Waals surface area contributed by atoms with E-state index in [0.29, 0.717) is 22.6 Å². The summed E-state index contributed by atoms with van der Waals surface area (Å²) < 4.78 is 5.08. The van der Waals surface area contributed by atoms with Gasteiger partial charge in [-0.1, -0.05) is 0 Å². The predicted molar refractivity (Wildman–Crippen MR) is 51.4 cm³/mol.